The highest BCUT2D eigenvalue weighted by atomic mass is 16.7. The fourth-order valence-corrected chi connectivity index (χ4v) is 1.31. The number of fused-ring (bicyclic) bond motifs is 4. The van der Waals surface area contributed by atoms with E-state index in [-0.39, 0.29) is 6.10 Å². The summed E-state index contributed by atoms with van der Waals surface area (Å²) >= 11 is 0. The van der Waals surface area contributed by atoms with Crippen molar-refractivity contribution < 1.29 is 14.2 Å². The minimum absolute atomic E-state index is 0.146. The van der Waals surface area contributed by atoms with Gasteiger partial charge in [0.25, 0.3) is 0 Å². The Hall–Kier alpha value is -1.45. The van der Waals surface area contributed by atoms with Crippen LogP contribution in [-0.4, -0.2) is 19.1 Å². The van der Waals surface area contributed by atoms with E-state index in [1.807, 2.05) is 0 Å². The average Bonchev–Trinajstić information content (AvgIpc) is 2.58. The van der Waals surface area contributed by atoms with Gasteiger partial charge in [-0.25, -0.2) is 0 Å². The second kappa shape index (κ2) is 1.58. The third kappa shape index (κ3) is 0.520. The molecule has 0 spiro atoms. The van der Waals surface area contributed by atoms with Crippen molar-refractivity contribution >= 4 is 6.21 Å². The standard InChI is InChI=1S/C7H5NO3/c1-4-6-7(10-3-9-6)5(11-4)2-8-1/h1-2,4H,3H2. The maximum absolute atomic E-state index is 5.35. The topological polar surface area (TPSA) is 40.0 Å². The number of hydrogen-bond acceptors (Lipinski definition) is 4. The van der Waals surface area contributed by atoms with Gasteiger partial charge < -0.3 is 14.2 Å². The molecule has 56 valence electrons. The molecule has 0 radical (unpaired) electrons. The van der Waals surface area contributed by atoms with Gasteiger partial charge in [0.15, 0.2) is 17.6 Å². The summed E-state index contributed by atoms with van der Waals surface area (Å²) in [5, 5.41) is 0. The van der Waals surface area contributed by atoms with Crippen molar-refractivity contribution in [3.63, 3.8) is 0 Å². The molecule has 3 rings (SSSR count). The molecule has 0 saturated carbocycles. The van der Waals surface area contributed by atoms with Gasteiger partial charge in [0.2, 0.25) is 12.6 Å². The molecule has 3 heterocycles. The van der Waals surface area contributed by atoms with Gasteiger partial charge >= 0.3 is 0 Å². The Morgan fingerprint density at radius 1 is 1.45 bits per heavy atom. The molecular formula is C7H5NO3. The maximum atomic E-state index is 5.35. The summed E-state index contributed by atoms with van der Waals surface area (Å²) in [7, 11) is 0. The third-order valence-corrected chi connectivity index (χ3v) is 1.79. The molecule has 3 aliphatic heterocycles. The minimum Gasteiger partial charge on any atom is -0.471 e. The Balaban J connectivity index is 2.16. The average molecular weight is 151 g/mol. The van der Waals surface area contributed by atoms with E-state index < -0.39 is 0 Å². The minimum atomic E-state index is -0.146. The lowest BCUT2D eigenvalue weighted by Gasteiger charge is -2.12. The van der Waals surface area contributed by atoms with Crippen LogP contribution in [0, 0.1) is 0 Å². The van der Waals surface area contributed by atoms with E-state index >= 15 is 0 Å². The quantitative estimate of drug-likeness (QED) is 0.507. The van der Waals surface area contributed by atoms with Gasteiger partial charge in [0.1, 0.15) is 0 Å². The number of aliphatic imine (C=N–C) groups is 1. The highest BCUT2D eigenvalue weighted by molar-refractivity contribution is 5.72. The molecule has 2 bridgehead atoms. The van der Waals surface area contributed by atoms with Crippen LogP contribution in [0.25, 0.3) is 0 Å². The fourth-order valence-electron chi connectivity index (χ4n) is 1.31. The molecule has 0 N–H and O–H groups in total. The second-order valence-electron chi connectivity index (χ2n) is 2.43. The molecule has 4 nitrogen and oxygen atoms in total. The summed E-state index contributed by atoms with van der Waals surface area (Å²) in [5.41, 5.74) is 0. The van der Waals surface area contributed by atoms with Gasteiger partial charge in [-0.15, -0.1) is 0 Å². The van der Waals surface area contributed by atoms with E-state index in [9.17, 15) is 0 Å². The highest BCUT2D eigenvalue weighted by Crippen LogP contribution is 2.36. The predicted octanol–water partition coefficient (Wildman–Crippen LogP) is 0.527. The van der Waals surface area contributed by atoms with E-state index in [1.165, 1.54) is 0 Å². The lowest BCUT2D eigenvalue weighted by molar-refractivity contribution is 0.0298. The first-order valence-corrected chi connectivity index (χ1v) is 3.35. The van der Waals surface area contributed by atoms with Crippen LogP contribution in [-0.2, 0) is 14.2 Å². The van der Waals surface area contributed by atoms with E-state index in [0.717, 1.165) is 5.76 Å². The Morgan fingerprint density at radius 3 is 3.45 bits per heavy atom. The van der Waals surface area contributed by atoms with Gasteiger partial charge in [-0.3, -0.25) is 4.99 Å². The molecule has 0 saturated heterocycles. The molecule has 0 aromatic heterocycles. The zero-order valence-corrected chi connectivity index (χ0v) is 5.61. The van der Waals surface area contributed by atoms with E-state index in [1.54, 1.807) is 12.4 Å². The van der Waals surface area contributed by atoms with E-state index in [4.69, 9.17) is 14.2 Å². The SMILES string of the molecule is C1=NC=C2OC1C1=C2OCO1. The Kier molecular flexibility index (Phi) is 0.753. The summed E-state index contributed by atoms with van der Waals surface area (Å²) in [6, 6.07) is 0. The molecular weight excluding hydrogens is 146 g/mol. The first-order valence-electron chi connectivity index (χ1n) is 3.35. The van der Waals surface area contributed by atoms with Gasteiger partial charge in [-0.1, -0.05) is 0 Å². The first-order chi connectivity index (χ1) is 5.45. The Labute approximate surface area is 62.8 Å². The summed E-state index contributed by atoms with van der Waals surface area (Å²) in [6.07, 6.45) is 3.18. The van der Waals surface area contributed by atoms with Crippen molar-refractivity contribution in [3.05, 3.63) is 23.5 Å². The number of nitrogens with zero attached hydrogens (tertiary/aromatic N) is 1. The zero-order valence-electron chi connectivity index (χ0n) is 5.61. The molecule has 4 heteroatoms. The number of ether oxygens (including phenoxy) is 3. The van der Waals surface area contributed by atoms with Crippen LogP contribution in [0.1, 0.15) is 0 Å². The summed E-state index contributed by atoms with van der Waals surface area (Å²) < 4.78 is 15.7. The smallest absolute Gasteiger partial charge is 0.231 e. The van der Waals surface area contributed by atoms with Crippen LogP contribution < -0.4 is 0 Å². The number of hydrogen-bond donors (Lipinski definition) is 0. The van der Waals surface area contributed by atoms with E-state index in [2.05, 4.69) is 4.99 Å². The van der Waals surface area contributed by atoms with Crippen LogP contribution in [0.4, 0.5) is 0 Å². The molecule has 1 unspecified atom stereocenters. The van der Waals surface area contributed by atoms with Crippen molar-refractivity contribution in [2.45, 2.75) is 6.10 Å². The monoisotopic (exact) mass is 151 g/mol. The summed E-state index contributed by atoms with van der Waals surface area (Å²) in [4.78, 5) is 3.97. The van der Waals surface area contributed by atoms with Crippen LogP contribution in [0.2, 0.25) is 0 Å². The fraction of sp³-hybridized carbons (Fsp3) is 0.286. The van der Waals surface area contributed by atoms with Gasteiger partial charge in [0.05, 0.1) is 12.4 Å². The first kappa shape index (κ1) is 5.23. The number of rotatable bonds is 0. The molecule has 3 aliphatic rings. The van der Waals surface area contributed by atoms with Crippen LogP contribution in [0.3, 0.4) is 0 Å². The van der Waals surface area contributed by atoms with Crippen molar-refractivity contribution in [1.29, 1.82) is 0 Å². The molecule has 11 heavy (non-hydrogen) atoms. The summed E-state index contributed by atoms with van der Waals surface area (Å²) in [5.74, 6) is 2.16. The lowest BCUT2D eigenvalue weighted by atomic mass is 10.3. The highest BCUT2D eigenvalue weighted by Gasteiger charge is 2.38. The van der Waals surface area contributed by atoms with E-state index in [0.29, 0.717) is 18.3 Å². The molecule has 0 fully saturated rings. The lowest BCUT2D eigenvalue weighted by Crippen LogP contribution is -2.14. The largest absolute Gasteiger partial charge is 0.471 e. The zero-order chi connectivity index (χ0) is 7.26. The predicted molar refractivity (Wildman–Crippen MR) is 35.5 cm³/mol. The molecule has 0 amide bonds. The molecule has 1 atom stereocenters. The Morgan fingerprint density at radius 2 is 2.45 bits per heavy atom. The van der Waals surface area contributed by atoms with Crippen LogP contribution >= 0.6 is 0 Å². The van der Waals surface area contributed by atoms with Crippen molar-refractivity contribution in [2.24, 2.45) is 4.99 Å². The molecule has 0 aliphatic carbocycles. The van der Waals surface area contributed by atoms with Crippen LogP contribution in [0.5, 0.6) is 0 Å². The maximum Gasteiger partial charge on any atom is 0.231 e. The summed E-state index contributed by atoms with van der Waals surface area (Å²) in [6.45, 7) is 0.301. The Bertz CT molecular complexity index is 303. The molecule has 0 aromatic rings. The van der Waals surface area contributed by atoms with Gasteiger partial charge in [-0.05, 0) is 0 Å². The van der Waals surface area contributed by atoms with Crippen molar-refractivity contribution in [3.8, 4) is 0 Å². The normalized spacial score (nSPS) is 30.5. The second-order valence-corrected chi connectivity index (χ2v) is 2.43. The van der Waals surface area contributed by atoms with Crippen molar-refractivity contribution in [1.82, 2.24) is 0 Å². The van der Waals surface area contributed by atoms with Gasteiger partial charge in [0, 0.05) is 0 Å². The van der Waals surface area contributed by atoms with Crippen LogP contribution in [0.15, 0.2) is 28.5 Å². The van der Waals surface area contributed by atoms with Gasteiger partial charge in [-0.2, -0.15) is 0 Å². The third-order valence-electron chi connectivity index (χ3n) is 1.79. The molecule has 0 aromatic carbocycles. The van der Waals surface area contributed by atoms with Crippen molar-refractivity contribution in [2.75, 3.05) is 6.79 Å².